The molecule has 1 atom stereocenters. The number of halogens is 3. The molecule has 0 saturated carbocycles. The lowest BCUT2D eigenvalue weighted by atomic mass is 10.1. The zero-order valence-electron chi connectivity index (χ0n) is 10.7. The highest BCUT2D eigenvalue weighted by Crippen LogP contribution is 2.31. The summed E-state index contributed by atoms with van der Waals surface area (Å²) < 4.78 is 31.2. The highest BCUT2D eigenvalue weighted by Gasteiger charge is 2.33. The largest absolute Gasteiger partial charge is 0.465 e. The number of nitrogens with zero attached hydrogens (tertiary/aromatic N) is 1. The van der Waals surface area contributed by atoms with Crippen molar-refractivity contribution < 1.29 is 23.1 Å². The summed E-state index contributed by atoms with van der Waals surface area (Å²) in [6, 6.07) is 1.61. The van der Waals surface area contributed by atoms with Crippen molar-refractivity contribution in [3.63, 3.8) is 0 Å². The number of amides is 1. The van der Waals surface area contributed by atoms with Crippen LogP contribution in [0.5, 0.6) is 0 Å². The molecular weight excluding hydrogens is 336 g/mol. The zero-order chi connectivity index (χ0) is 14.9. The lowest BCUT2D eigenvalue weighted by Gasteiger charge is -2.19. The first-order valence-electron chi connectivity index (χ1n) is 5.91. The van der Waals surface area contributed by atoms with Crippen LogP contribution in [0.4, 0.5) is 14.5 Å². The van der Waals surface area contributed by atoms with Crippen LogP contribution in [0.1, 0.15) is 16.8 Å². The molecule has 0 aromatic heterocycles. The van der Waals surface area contributed by atoms with Crippen molar-refractivity contribution in [3.05, 3.63) is 29.3 Å². The molecule has 2 rings (SSSR count). The van der Waals surface area contributed by atoms with E-state index in [2.05, 4.69) is 20.7 Å². The summed E-state index contributed by atoms with van der Waals surface area (Å²) in [5.74, 6) is -3.23. The van der Waals surface area contributed by atoms with E-state index in [1.54, 1.807) is 0 Å². The van der Waals surface area contributed by atoms with Crippen LogP contribution in [-0.2, 0) is 9.53 Å². The minimum atomic E-state index is -1.15. The highest BCUT2D eigenvalue weighted by atomic mass is 79.9. The van der Waals surface area contributed by atoms with E-state index in [4.69, 9.17) is 0 Å². The van der Waals surface area contributed by atoms with Crippen LogP contribution in [0, 0.1) is 17.6 Å². The van der Waals surface area contributed by atoms with E-state index in [9.17, 15) is 18.4 Å². The smallest absolute Gasteiger partial charge is 0.340 e. The van der Waals surface area contributed by atoms with Gasteiger partial charge in [0.05, 0.1) is 18.4 Å². The van der Waals surface area contributed by atoms with Crippen molar-refractivity contribution in [1.82, 2.24) is 0 Å². The molecule has 1 aromatic rings. The van der Waals surface area contributed by atoms with E-state index in [-0.39, 0.29) is 23.1 Å². The normalized spacial score (nSPS) is 18.5. The second-order valence-electron chi connectivity index (χ2n) is 4.50. The van der Waals surface area contributed by atoms with Crippen molar-refractivity contribution >= 4 is 33.5 Å². The lowest BCUT2D eigenvalue weighted by molar-refractivity contribution is -0.117. The van der Waals surface area contributed by atoms with Crippen LogP contribution >= 0.6 is 15.9 Å². The van der Waals surface area contributed by atoms with E-state index in [0.717, 1.165) is 19.2 Å². The number of benzene rings is 1. The van der Waals surface area contributed by atoms with Crippen LogP contribution in [0.25, 0.3) is 0 Å². The Labute approximate surface area is 122 Å². The van der Waals surface area contributed by atoms with Gasteiger partial charge in [0.15, 0.2) is 11.6 Å². The number of alkyl halides is 1. The Bertz CT molecular complexity index is 565. The summed E-state index contributed by atoms with van der Waals surface area (Å²) in [6.07, 6.45) is 0.296. The van der Waals surface area contributed by atoms with Gasteiger partial charge in [0.25, 0.3) is 0 Å². The first-order valence-corrected chi connectivity index (χ1v) is 7.03. The summed E-state index contributed by atoms with van der Waals surface area (Å²) in [5.41, 5.74) is -0.112. The number of carbonyl (C=O) groups excluding carboxylic acids is 2. The average Bonchev–Trinajstić information content (AvgIpc) is 2.81. The molecule has 1 heterocycles. The van der Waals surface area contributed by atoms with Gasteiger partial charge in [-0.2, -0.15) is 0 Å². The minimum absolute atomic E-state index is 0.0456. The van der Waals surface area contributed by atoms with Crippen molar-refractivity contribution in [2.75, 3.05) is 23.9 Å². The third-order valence-electron chi connectivity index (χ3n) is 3.16. The molecule has 1 aromatic carbocycles. The second-order valence-corrected chi connectivity index (χ2v) is 5.15. The summed E-state index contributed by atoms with van der Waals surface area (Å²) >= 11 is 3.29. The van der Waals surface area contributed by atoms with E-state index >= 15 is 0 Å². The van der Waals surface area contributed by atoms with Crippen LogP contribution < -0.4 is 4.90 Å². The van der Waals surface area contributed by atoms with Crippen molar-refractivity contribution in [2.24, 2.45) is 5.92 Å². The molecule has 0 N–H and O–H groups in total. The Morgan fingerprint density at radius 1 is 1.45 bits per heavy atom. The van der Waals surface area contributed by atoms with Gasteiger partial charge < -0.3 is 9.64 Å². The zero-order valence-corrected chi connectivity index (χ0v) is 12.2. The maximum Gasteiger partial charge on any atom is 0.340 e. The van der Waals surface area contributed by atoms with Gasteiger partial charge in [0, 0.05) is 24.4 Å². The van der Waals surface area contributed by atoms with Crippen molar-refractivity contribution in [3.8, 4) is 0 Å². The van der Waals surface area contributed by atoms with Gasteiger partial charge in [0.2, 0.25) is 5.91 Å². The molecule has 1 aliphatic rings. The molecule has 0 aliphatic carbocycles. The molecule has 1 fully saturated rings. The van der Waals surface area contributed by atoms with Crippen molar-refractivity contribution in [2.45, 2.75) is 6.42 Å². The fourth-order valence-corrected chi connectivity index (χ4v) is 2.58. The number of carbonyl (C=O) groups is 2. The SMILES string of the molecule is COC(=O)c1cc(F)c(F)cc1N1CC(CBr)CC1=O. The van der Waals surface area contributed by atoms with Crippen LogP contribution in [0.3, 0.4) is 0 Å². The average molecular weight is 348 g/mol. The molecule has 1 saturated heterocycles. The van der Waals surface area contributed by atoms with E-state index in [0.29, 0.717) is 18.3 Å². The molecule has 0 bridgehead atoms. The minimum Gasteiger partial charge on any atom is -0.465 e. The fourth-order valence-electron chi connectivity index (χ4n) is 2.15. The summed E-state index contributed by atoms with van der Waals surface area (Å²) in [5, 5.41) is 0.618. The van der Waals surface area contributed by atoms with Gasteiger partial charge >= 0.3 is 5.97 Å². The van der Waals surface area contributed by atoms with Gasteiger partial charge in [-0.1, -0.05) is 15.9 Å². The Balaban J connectivity index is 2.47. The number of anilines is 1. The van der Waals surface area contributed by atoms with E-state index in [1.165, 1.54) is 4.90 Å². The molecule has 1 amide bonds. The first-order chi connectivity index (χ1) is 9.47. The molecule has 1 aliphatic heterocycles. The number of hydrogen-bond donors (Lipinski definition) is 0. The third-order valence-corrected chi connectivity index (χ3v) is 4.07. The quantitative estimate of drug-likeness (QED) is 0.623. The maximum absolute atomic E-state index is 13.4. The molecule has 0 radical (unpaired) electrons. The first kappa shape index (κ1) is 14.9. The Morgan fingerprint density at radius 3 is 2.65 bits per heavy atom. The van der Waals surface area contributed by atoms with Crippen LogP contribution in [0.2, 0.25) is 0 Å². The van der Waals surface area contributed by atoms with Gasteiger partial charge in [0.1, 0.15) is 0 Å². The monoisotopic (exact) mass is 347 g/mol. The van der Waals surface area contributed by atoms with Crippen LogP contribution in [-0.4, -0.2) is 30.9 Å². The number of hydrogen-bond acceptors (Lipinski definition) is 3. The molecule has 20 heavy (non-hydrogen) atoms. The molecule has 108 valence electrons. The molecule has 0 spiro atoms. The lowest BCUT2D eigenvalue weighted by Crippen LogP contribution is -2.27. The van der Waals surface area contributed by atoms with Gasteiger partial charge in [-0.15, -0.1) is 0 Å². The van der Waals surface area contributed by atoms with E-state index in [1.807, 2.05) is 0 Å². The highest BCUT2D eigenvalue weighted by molar-refractivity contribution is 9.09. The summed E-state index contributed by atoms with van der Waals surface area (Å²) in [7, 11) is 1.14. The predicted octanol–water partition coefficient (Wildman–Crippen LogP) is 2.50. The van der Waals surface area contributed by atoms with Crippen molar-refractivity contribution in [1.29, 1.82) is 0 Å². The van der Waals surface area contributed by atoms with E-state index < -0.39 is 17.6 Å². The van der Waals surface area contributed by atoms with Gasteiger partial charge in [-0.25, -0.2) is 13.6 Å². The number of methoxy groups -OCH3 is 1. The fraction of sp³-hybridized carbons (Fsp3) is 0.385. The van der Waals surface area contributed by atoms with Crippen LogP contribution in [0.15, 0.2) is 12.1 Å². The Morgan fingerprint density at radius 2 is 2.10 bits per heavy atom. The molecule has 4 nitrogen and oxygen atoms in total. The molecule has 1 unspecified atom stereocenters. The second kappa shape index (κ2) is 5.87. The summed E-state index contributed by atoms with van der Waals surface area (Å²) in [6.45, 7) is 0.346. The number of ether oxygens (including phenoxy) is 1. The summed E-state index contributed by atoms with van der Waals surface area (Å²) in [4.78, 5) is 24.9. The maximum atomic E-state index is 13.4. The van der Waals surface area contributed by atoms with Gasteiger partial charge in [-0.3, -0.25) is 4.79 Å². The molecular formula is C13H12BrF2NO3. The Kier molecular flexibility index (Phi) is 4.37. The predicted molar refractivity (Wildman–Crippen MR) is 72.0 cm³/mol. The molecule has 7 heteroatoms. The Hall–Kier alpha value is -1.50. The number of rotatable bonds is 3. The topological polar surface area (TPSA) is 46.6 Å². The van der Waals surface area contributed by atoms with Gasteiger partial charge in [-0.05, 0) is 12.0 Å². The number of esters is 1. The standard InChI is InChI=1S/C13H12BrF2NO3/c1-20-13(19)8-3-9(15)10(16)4-11(8)17-6-7(5-14)2-12(17)18/h3-4,7H,2,5-6H2,1H3. The third kappa shape index (κ3) is 2.67.